The van der Waals surface area contributed by atoms with Gasteiger partial charge in [-0.3, -0.25) is 19.5 Å². The maximum atomic E-state index is 11.3. The minimum absolute atomic E-state index is 0.0702. The van der Waals surface area contributed by atoms with E-state index in [9.17, 15) is 15.2 Å². The summed E-state index contributed by atoms with van der Waals surface area (Å²) in [5.74, 6) is -0.486. The van der Waals surface area contributed by atoms with Crippen LogP contribution in [0.4, 0.5) is 5.69 Å². The molecule has 2 aromatic carbocycles. The summed E-state index contributed by atoms with van der Waals surface area (Å²) in [5.41, 5.74) is 2.83. The molecule has 1 aliphatic rings. The molecule has 0 amide bonds. The van der Waals surface area contributed by atoms with Crippen LogP contribution in [0.25, 0.3) is 5.69 Å². The SMILES string of the molecule is CC(=O)O.Cc1cnc2n1-c1ccc([N+](=O)[O-])cc1C(c1ccccc1Cl)=NC2O. The second-order valence-electron chi connectivity index (χ2n) is 6.40. The van der Waals surface area contributed by atoms with Gasteiger partial charge in [0.05, 0.1) is 16.3 Å². The number of nitro groups is 1. The number of imidazole rings is 1. The van der Waals surface area contributed by atoms with E-state index in [1.165, 1.54) is 12.1 Å². The summed E-state index contributed by atoms with van der Waals surface area (Å²) >= 11 is 6.33. The molecule has 154 valence electrons. The Morgan fingerprint density at radius 3 is 2.53 bits per heavy atom. The number of carbonyl (C=O) groups is 1. The van der Waals surface area contributed by atoms with Crippen LogP contribution in [0.5, 0.6) is 0 Å². The number of aliphatic hydroxyl groups is 1. The maximum absolute atomic E-state index is 11.3. The molecule has 1 aliphatic heterocycles. The second-order valence-corrected chi connectivity index (χ2v) is 6.81. The zero-order valence-corrected chi connectivity index (χ0v) is 16.7. The largest absolute Gasteiger partial charge is 0.481 e. The molecule has 0 aliphatic carbocycles. The van der Waals surface area contributed by atoms with Gasteiger partial charge in [-0.05, 0) is 19.1 Å². The lowest BCUT2D eigenvalue weighted by molar-refractivity contribution is -0.384. The number of aliphatic hydroxyl groups excluding tert-OH is 1. The molecular weight excluding hydrogens is 412 g/mol. The van der Waals surface area contributed by atoms with Crippen molar-refractivity contribution in [3.63, 3.8) is 0 Å². The van der Waals surface area contributed by atoms with Gasteiger partial charge in [0.15, 0.2) is 5.82 Å². The molecule has 0 spiro atoms. The van der Waals surface area contributed by atoms with Crippen molar-refractivity contribution in [1.29, 1.82) is 0 Å². The summed E-state index contributed by atoms with van der Waals surface area (Å²) < 4.78 is 1.75. The van der Waals surface area contributed by atoms with Crippen LogP contribution < -0.4 is 0 Å². The van der Waals surface area contributed by atoms with E-state index in [1.54, 1.807) is 41.1 Å². The van der Waals surface area contributed by atoms with Gasteiger partial charge >= 0.3 is 0 Å². The Labute approximate surface area is 176 Å². The maximum Gasteiger partial charge on any atom is 0.300 e. The molecule has 10 heteroatoms. The number of nitrogens with zero attached hydrogens (tertiary/aromatic N) is 4. The number of aliphatic carboxylic acids is 1. The monoisotopic (exact) mass is 428 g/mol. The Morgan fingerprint density at radius 1 is 1.23 bits per heavy atom. The van der Waals surface area contributed by atoms with Gasteiger partial charge in [-0.2, -0.15) is 0 Å². The molecule has 0 fully saturated rings. The van der Waals surface area contributed by atoms with E-state index in [2.05, 4.69) is 9.98 Å². The second kappa shape index (κ2) is 8.44. The third-order valence-corrected chi connectivity index (χ3v) is 4.59. The first-order valence-corrected chi connectivity index (χ1v) is 9.12. The molecule has 0 bridgehead atoms. The van der Waals surface area contributed by atoms with Crippen LogP contribution in [0.15, 0.2) is 53.7 Å². The lowest BCUT2D eigenvalue weighted by Gasteiger charge is -2.13. The summed E-state index contributed by atoms with van der Waals surface area (Å²) in [6.45, 7) is 2.93. The summed E-state index contributed by atoms with van der Waals surface area (Å²) in [6, 6.07) is 11.5. The molecular formula is C20H17ClN4O5. The molecule has 30 heavy (non-hydrogen) atoms. The number of aliphatic imine (C=N–C) groups is 1. The van der Waals surface area contributed by atoms with Gasteiger partial charge in [0, 0.05) is 47.1 Å². The number of halogens is 1. The number of benzene rings is 2. The molecule has 1 atom stereocenters. The van der Waals surface area contributed by atoms with E-state index in [4.69, 9.17) is 21.5 Å². The number of aryl methyl sites for hydroxylation is 1. The van der Waals surface area contributed by atoms with Gasteiger partial charge < -0.3 is 10.2 Å². The van der Waals surface area contributed by atoms with Gasteiger partial charge in [0.1, 0.15) is 0 Å². The van der Waals surface area contributed by atoms with Crippen LogP contribution in [-0.2, 0) is 4.79 Å². The van der Waals surface area contributed by atoms with Crippen molar-refractivity contribution >= 4 is 29.0 Å². The number of aromatic nitrogens is 2. The molecule has 0 saturated heterocycles. The van der Waals surface area contributed by atoms with Crippen LogP contribution in [0.2, 0.25) is 5.02 Å². The van der Waals surface area contributed by atoms with Gasteiger partial charge in [-0.1, -0.05) is 29.8 Å². The number of rotatable bonds is 2. The molecule has 2 N–H and O–H groups in total. The first-order chi connectivity index (χ1) is 14.2. The Bertz CT molecular complexity index is 1170. The predicted molar refractivity (Wildman–Crippen MR) is 110 cm³/mol. The predicted octanol–water partition coefficient (Wildman–Crippen LogP) is 3.68. The third kappa shape index (κ3) is 4.07. The smallest absolute Gasteiger partial charge is 0.300 e. The van der Waals surface area contributed by atoms with Gasteiger partial charge in [0.25, 0.3) is 11.7 Å². The average Bonchev–Trinajstić information content (AvgIpc) is 3.01. The van der Waals surface area contributed by atoms with Crippen molar-refractivity contribution in [1.82, 2.24) is 9.55 Å². The highest BCUT2D eigenvalue weighted by Gasteiger charge is 2.28. The Morgan fingerprint density at radius 2 is 1.90 bits per heavy atom. The van der Waals surface area contributed by atoms with Crippen molar-refractivity contribution in [3.8, 4) is 5.69 Å². The molecule has 9 nitrogen and oxygen atoms in total. The van der Waals surface area contributed by atoms with Crippen molar-refractivity contribution in [2.24, 2.45) is 4.99 Å². The van der Waals surface area contributed by atoms with E-state index in [1.807, 2.05) is 6.92 Å². The zero-order chi connectivity index (χ0) is 22.0. The highest BCUT2D eigenvalue weighted by atomic mass is 35.5. The van der Waals surface area contributed by atoms with Gasteiger partial charge in [-0.15, -0.1) is 0 Å². The topological polar surface area (TPSA) is 131 Å². The number of hydrogen-bond acceptors (Lipinski definition) is 6. The fourth-order valence-corrected chi connectivity index (χ4v) is 3.32. The van der Waals surface area contributed by atoms with E-state index in [-0.39, 0.29) is 5.69 Å². The van der Waals surface area contributed by atoms with Crippen LogP contribution in [0.1, 0.15) is 35.8 Å². The van der Waals surface area contributed by atoms with Crippen molar-refractivity contribution in [2.45, 2.75) is 20.1 Å². The summed E-state index contributed by atoms with van der Waals surface area (Å²) in [5, 5.41) is 29.7. The molecule has 4 rings (SSSR count). The van der Waals surface area contributed by atoms with E-state index < -0.39 is 17.1 Å². The lowest BCUT2D eigenvalue weighted by Crippen LogP contribution is -2.09. The van der Waals surface area contributed by atoms with Crippen LogP contribution in [0.3, 0.4) is 0 Å². The third-order valence-electron chi connectivity index (χ3n) is 4.26. The molecule has 3 aromatic rings. The molecule has 2 heterocycles. The molecule has 0 saturated carbocycles. The van der Waals surface area contributed by atoms with Crippen LogP contribution in [-0.4, -0.2) is 36.4 Å². The first kappa shape index (κ1) is 21.2. The number of fused-ring (bicyclic) bond motifs is 3. The van der Waals surface area contributed by atoms with Crippen molar-refractivity contribution in [3.05, 3.63) is 86.4 Å². The quantitative estimate of drug-likeness (QED) is 0.473. The van der Waals surface area contributed by atoms with E-state index in [0.29, 0.717) is 33.4 Å². The fourth-order valence-electron chi connectivity index (χ4n) is 3.09. The molecule has 0 radical (unpaired) electrons. The van der Waals surface area contributed by atoms with Gasteiger partial charge in [0.2, 0.25) is 6.23 Å². The first-order valence-electron chi connectivity index (χ1n) is 8.74. The lowest BCUT2D eigenvalue weighted by atomic mass is 9.99. The Hall–Kier alpha value is -3.56. The Kier molecular flexibility index (Phi) is 5.95. The van der Waals surface area contributed by atoms with Crippen LogP contribution >= 0.6 is 11.6 Å². The molecule has 1 aromatic heterocycles. The fraction of sp³-hybridized carbons (Fsp3) is 0.150. The highest BCUT2D eigenvalue weighted by Crippen LogP contribution is 2.33. The minimum Gasteiger partial charge on any atom is -0.481 e. The van der Waals surface area contributed by atoms with E-state index >= 15 is 0 Å². The van der Waals surface area contributed by atoms with Crippen molar-refractivity contribution in [2.75, 3.05) is 0 Å². The molecule has 1 unspecified atom stereocenters. The summed E-state index contributed by atoms with van der Waals surface area (Å²) in [7, 11) is 0. The van der Waals surface area contributed by atoms with Gasteiger partial charge in [-0.25, -0.2) is 9.98 Å². The van der Waals surface area contributed by atoms with Crippen LogP contribution in [0, 0.1) is 17.0 Å². The summed E-state index contributed by atoms with van der Waals surface area (Å²) in [4.78, 5) is 28.4. The zero-order valence-electron chi connectivity index (χ0n) is 16.0. The number of non-ortho nitro benzene ring substituents is 1. The number of nitro benzene ring substituents is 1. The minimum atomic E-state index is -1.22. The number of hydrogen-bond donors (Lipinski definition) is 2. The highest BCUT2D eigenvalue weighted by molar-refractivity contribution is 6.35. The number of carboxylic acid groups (broad SMARTS) is 1. The van der Waals surface area contributed by atoms with E-state index in [0.717, 1.165) is 12.6 Å². The number of carboxylic acids is 1. The van der Waals surface area contributed by atoms with Crippen molar-refractivity contribution < 1.29 is 19.9 Å². The normalized spacial score (nSPS) is 14.4. The summed E-state index contributed by atoms with van der Waals surface area (Å²) in [6.07, 6.45) is 0.404. The average molecular weight is 429 g/mol. The standard InChI is InChI=1S/C18H13ClN4O3.C2H4O2/c1-10-9-20-17-18(24)21-16(12-4-2-3-5-14(12)19)13-8-11(23(25)26)6-7-15(13)22(10)17;1-2(3)4/h2-9,18,24H,1H3;1H3,(H,3,4). The Balaban J connectivity index is 0.000000589.